The molecule has 0 saturated carbocycles. The number of benzene rings is 1. The van der Waals surface area contributed by atoms with Crippen molar-refractivity contribution in [1.82, 2.24) is 4.90 Å². The van der Waals surface area contributed by atoms with Crippen LogP contribution in [0.15, 0.2) is 24.3 Å². The standard InChI is InChI=1S/C9H13NO/c1-10(2)7-8-5-3-4-6-9(8)11/h3-6,11H,7H2,1-2H3/p-1. The average Bonchev–Trinajstić information content (AvgIpc) is 1.93. The highest BCUT2D eigenvalue weighted by Crippen LogP contribution is 2.12. The van der Waals surface area contributed by atoms with Crippen molar-refractivity contribution >= 4 is 0 Å². The van der Waals surface area contributed by atoms with Gasteiger partial charge in [0.1, 0.15) is 0 Å². The first-order valence-corrected chi connectivity index (χ1v) is 3.60. The van der Waals surface area contributed by atoms with Gasteiger partial charge in [0.15, 0.2) is 0 Å². The summed E-state index contributed by atoms with van der Waals surface area (Å²) >= 11 is 0. The Morgan fingerprint density at radius 1 is 1.27 bits per heavy atom. The molecule has 0 unspecified atom stereocenters. The molecule has 0 spiro atoms. The highest BCUT2D eigenvalue weighted by molar-refractivity contribution is 5.30. The first kappa shape index (κ1) is 8.08. The van der Waals surface area contributed by atoms with Crippen LogP contribution in [-0.2, 0) is 6.54 Å². The highest BCUT2D eigenvalue weighted by Gasteiger charge is 1.93. The summed E-state index contributed by atoms with van der Waals surface area (Å²) in [6.45, 7) is 0.722. The average molecular weight is 150 g/mol. The predicted octanol–water partition coefficient (Wildman–Crippen LogP) is 0.822. The van der Waals surface area contributed by atoms with Gasteiger partial charge in [-0.2, -0.15) is 0 Å². The molecule has 0 bridgehead atoms. The van der Waals surface area contributed by atoms with Crippen molar-refractivity contribution in [2.75, 3.05) is 14.1 Å². The molecule has 0 radical (unpaired) electrons. The topological polar surface area (TPSA) is 26.3 Å². The van der Waals surface area contributed by atoms with E-state index in [-0.39, 0.29) is 5.75 Å². The summed E-state index contributed by atoms with van der Waals surface area (Å²) in [5.41, 5.74) is 0.859. The summed E-state index contributed by atoms with van der Waals surface area (Å²) in [5, 5.41) is 11.1. The van der Waals surface area contributed by atoms with Gasteiger partial charge in [-0.15, -0.1) is 5.75 Å². The fourth-order valence-corrected chi connectivity index (χ4v) is 0.975. The maximum atomic E-state index is 11.1. The lowest BCUT2D eigenvalue weighted by Gasteiger charge is -2.16. The second-order valence-corrected chi connectivity index (χ2v) is 2.85. The third kappa shape index (κ3) is 2.24. The third-order valence-electron chi connectivity index (χ3n) is 1.46. The molecule has 1 aromatic rings. The van der Waals surface area contributed by atoms with E-state index in [0.29, 0.717) is 0 Å². The first-order valence-electron chi connectivity index (χ1n) is 3.60. The number of rotatable bonds is 2. The van der Waals surface area contributed by atoms with Crippen LogP contribution in [0.25, 0.3) is 0 Å². The van der Waals surface area contributed by atoms with Crippen LogP contribution >= 0.6 is 0 Å². The molecule has 1 rings (SSSR count). The quantitative estimate of drug-likeness (QED) is 0.624. The van der Waals surface area contributed by atoms with Gasteiger partial charge < -0.3 is 10.0 Å². The van der Waals surface area contributed by atoms with E-state index in [2.05, 4.69) is 0 Å². The summed E-state index contributed by atoms with van der Waals surface area (Å²) in [7, 11) is 3.90. The molecule has 0 aliphatic carbocycles. The van der Waals surface area contributed by atoms with Crippen molar-refractivity contribution in [3.63, 3.8) is 0 Å². The molecule has 0 atom stereocenters. The Hall–Kier alpha value is -1.02. The van der Waals surface area contributed by atoms with E-state index in [9.17, 15) is 5.11 Å². The minimum absolute atomic E-state index is 0.126. The molecule has 2 heteroatoms. The van der Waals surface area contributed by atoms with E-state index in [4.69, 9.17) is 0 Å². The first-order chi connectivity index (χ1) is 5.20. The molecule has 0 aliphatic heterocycles. The van der Waals surface area contributed by atoms with E-state index >= 15 is 0 Å². The second kappa shape index (κ2) is 3.39. The Balaban J connectivity index is 2.78. The maximum Gasteiger partial charge on any atom is 0.0221 e. The molecule has 60 valence electrons. The minimum Gasteiger partial charge on any atom is -0.872 e. The lowest BCUT2D eigenvalue weighted by molar-refractivity contribution is -0.269. The molecule has 0 saturated heterocycles. The van der Waals surface area contributed by atoms with Crippen LogP contribution in [0, 0.1) is 0 Å². The number of hydrogen-bond acceptors (Lipinski definition) is 2. The molecule has 1 aromatic carbocycles. The van der Waals surface area contributed by atoms with Crippen molar-refractivity contribution in [3.05, 3.63) is 29.8 Å². The molecule has 0 heterocycles. The van der Waals surface area contributed by atoms with Crippen LogP contribution in [0.3, 0.4) is 0 Å². The molecule has 0 aliphatic rings. The Bertz CT molecular complexity index is 233. The van der Waals surface area contributed by atoms with Gasteiger partial charge in [0.05, 0.1) is 0 Å². The van der Waals surface area contributed by atoms with Crippen LogP contribution in [0.5, 0.6) is 5.75 Å². The smallest absolute Gasteiger partial charge is 0.0221 e. The molecular formula is C9H12NO-. The van der Waals surface area contributed by atoms with E-state index in [0.717, 1.165) is 12.1 Å². The lowest BCUT2D eigenvalue weighted by atomic mass is 10.2. The zero-order chi connectivity index (χ0) is 8.27. The predicted molar refractivity (Wildman–Crippen MR) is 43.3 cm³/mol. The van der Waals surface area contributed by atoms with Gasteiger partial charge in [-0.3, -0.25) is 0 Å². The maximum absolute atomic E-state index is 11.1. The SMILES string of the molecule is CN(C)Cc1ccccc1[O-]. The van der Waals surface area contributed by atoms with Crippen LogP contribution in [0.4, 0.5) is 0 Å². The molecule has 0 amide bonds. The zero-order valence-electron chi connectivity index (χ0n) is 6.87. The Labute approximate surface area is 67.1 Å². The van der Waals surface area contributed by atoms with Gasteiger partial charge in [-0.05, 0) is 19.7 Å². The van der Waals surface area contributed by atoms with Crippen LogP contribution in [0.1, 0.15) is 5.56 Å². The van der Waals surface area contributed by atoms with E-state index in [1.54, 1.807) is 12.1 Å². The molecule has 0 N–H and O–H groups in total. The van der Waals surface area contributed by atoms with Gasteiger partial charge in [0.2, 0.25) is 0 Å². The molecule has 11 heavy (non-hydrogen) atoms. The summed E-state index contributed by atoms with van der Waals surface area (Å²) < 4.78 is 0. The number of hydrogen-bond donors (Lipinski definition) is 0. The van der Waals surface area contributed by atoms with Gasteiger partial charge in [0.25, 0.3) is 0 Å². The summed E-state index contributed by atoms with van der Waals surface area (Å²) in [6.07, 6.45) is 0. The van der Waals surface area contributed by atoms with Crippen molar-refractivity contribution < 1.29 is 5.11 Å². The van der Waals surface area contributed by atoms with Gasteiger partial charge in [0, 0.05) is 6.54 Å². The van der Waals surface area contributed by atoms with E-state index in [1.807, 2.05) is 31.1 Å². The monoisotopic (exact) mass is 150 g/mol. The minimum atomic E-state index is 0.126. The number of nitrogens with zero attached hydrogens (tertiary/aromatic N) is 1. The molecular weight excluding hydrogens is 138 g/mol. The van der Waals surface area contributed by atoms with Gasteiger partial charge in [-0.1, -0.05) is 24.3 Å². The fourth-order valence-electron chi connectivity index (χ4n) is 0.975. The van der Waals surface area contributed by atoms with Gasteiger partial charge in [-0.25, -0.2) is 0 Å². The van der Waals surface area contributed by atoms with E-state index in [1.165, 1.54) is 0 Å². The molecule has 0 aromatic heterocycles. The molecule has 2 nitrogen and oxygen atoms in total. The van der Waals surface area contributed by atoms with Crippen LogP contribution < -0.4 is 5.11 Å². The van der Waals surface area contributed by atoms with E-state index < -0.39 is 0 Å². The zero-order valence-corrected chi connectivity index (χ0v) is 6.87. The summed E-state index contributed by atoms with van der Waals surface area (Å²) in [5.74, 6) is 0.126. The third-order valence-corrected chi connectivity index (χ3v) is 1.46. The lowest BCUT2D eigenvalue weighted by Crippen LogP contribution is -2.12. The van der Waals surface area contributed by atoms with Crippen molar-refractivity contribution in [2.24, 2.45) is 0 Å². The van der Waals surface area contributed by atoms with Crippen molar-refractivity contribution in [1.29, 1.82) is 0 Å². The highest BCUT2D eigenvalue weighted by atomic mass is 16.3. The van der Waals surface area contributed by atoms with Crippen LogP contribution in [-0.4, -0.2) is 19.0 Å². The largest absolute Gasteiger partial charge is 0.872 e. The number of para-hydroxylation sites is 1. The summed E-state index contributed by atoms with van der Waals surface area (Å²) in [6, 6.07) is 7.11. The Kier molecular flexibility index (Phi) is 2.49. The van der Waals surface area contributed by atoms with Crippen molar-refractivity contribution in [3.8, 4) is 5.75 Å². The second-order valence-electron chi connectivity index (χ2n) is 2.85. The molecule has 0 fully saturated rings. The Morgan fingerprint density at radius 3 is 2.45 bits per heavy atom. The Morgan fingerprint density at radius 2 is 1.91 bits per heavy atom. The van der Waals surface area contributed by atoms with Gasteiger partial charge >= 0.3 is 0 Å². The van der Waals surface area contributed by atoms with Crippen molar-refractivity contribution in [2.45, 2.75) is 6.54 Å². The summed E-state index contributed by atoms with van der Waals surface area (Å²) in [4.78, 5) is 1.98. The van der Waals surface area contributed by atoms with Crippen LogP contribution in [0.2, 0.25) is 0 Å². The normalized spacial score (nSPS) is 10.5. The fraction of sp³-hybridized carbons (Fsp3) is 0.333.